The number of nitrogens with zero attached hydrogens (tertiary/aromatic N) is 1. The molecule has 1 fully saturated rings. The topological polar surface area (TPSA) is 126 Å². The predicted molar refractivity (Wildman–Crippen MR) is 152 cm³/mol. The summed E-state index contributed by atoms with van der Waals surface area (Å²) in [6.07, 6.45) is 3.95. The SMILES string of the molecule is O=C(NCc1cnc(-c2ccc(OC3CCNCC3)cc2)s1)c1ccc2c(c1)NC(=O)c1ccccc1S2(=O)=O. The predicted octanol–water partition coefficient (Wildman–Crippen LogP) is 4.27. The first kappa shape index (κ1) is 26.2. The summed E-state index contributed by atoms with van der Waals surface area (Å²) in [6.45, 7) is 2.20. The van der Waals surface area contributed by atoms with E-state index in [2.05, 4.69) is 20.9 Å². The molecule has 3 aromatic carbocycles. The lowest BCUT2D eigenvalue weighted by Crippen LogP contribution is -2.34. The molecule has 1 aromatic heterocycles. The van der Waals surface area contributed by atoms with Crippen LogP contribution in [0.1, 0.15) is 38.4 Å². The Labute approximate surface area is 235 Å². The number of anilines is 1. The molecule has 9 nitrogen and oxygen atoms in total. The first-order chi connectivity index (χ1) is 19.4. The number of rotatable bonds is 6. The van der Waals surface area contributed by atoms with Crippen molar-refractivity contribution in [2.24, 2.45) is 0 Å². The number of thiazole rings is 1. The average Bonchev–Trinajstić information content (AvgIpc) is 3.43. The van der Waals surface area contributed by atoms with E-state index in [9.17, 15) is 18.0 Å². The van der Waals surface area contributed by atoms with Gasteiger partial charge < -0.3 is 20.7 Å². The summed E-state index contributed by atoms with van der Waals surface area (Å²) in [5.41, 5.74) is 1.33. The number of benzene rings is 3. The molecular weight excluding hydrogens is 548 g/mol. The highest BCUT2D eigenvalue weighted by Crippen LogP contribution is 2.34. The second-order valence-electron chi connectivity index (χ2n) is 9.57. The number of fused-ring (bicyclic) bond motifs is 2. The first-order valence-corrected chi connectivity index (χ1v) is 15.2. The summed E-state index contributed by atoms with van der Waals surface area (Å²) < 4.78 is 32.4. The van der Waals surface area contributed by atoms with Gasteiger partial charge in [0.25, 0.3) is 11.8 Å². The Morgan fingerprint density at radius 3 is 2.60 bits per heavy atom. The summed E-state index contributed by atoms with van der Waals surface area (Å²) in [5.74, 6) is -0.0996. The van der Waals surface area contributed by atoms with Crippen LogP contribution in [0.3, 0.4) is 0 Å². The summed E-state index contributed by atoms with van der Waals surface area (Å²) >= 11 is 1.47. The van der Waals surface area contributed by atoms with Gasteiger partial charge in [0.15, 0.2) is 0 Å². The lowest BCUT2D eigenvalue weighted by atomic mass is 10.1. The Morgan fingerprint density at radius 2 is 1.80 bits per heavy atom. The fourth-order valence-electron chi connectivity index (χ4n) is 4.77. The van der Waals surface area contributed by atoms with Gasteiger partial charge in [-0.1, -0.05) is 12.1 Å². The molecular formula is C29H26N4O5S2. The number of hydrogen-bond acceptors (Lipinski definition) is 8. The molecule has 40 heavy (non-hydrogen) atoms. The van der Waals surface area contributed by atoms with Crippen molar-refractivity contribution in [3.05, 3.63) is 88.9 Å². The maximum atomic E-state index is 13.2. The maximum Gasteiger partial charge on any atom is 0.257 e. The Bertz CT molecular complexity index is 1690. The third-order valence-electron chi connectivity index (χ3n) is 6.87. The third-order valence-corrected chi connectivity index (χ3v) is 9.78. The van der Waals surface area contributed by atoms with Crippen LogP contribution in [0, 0.1) is 0 Å². The van der Waals surface area contributed by atoms with Crippen molar-refractivity contribution in [1.29, 1.82) is 0 Å². The van der Waals surface area contributed by atoms with Crippen LogP contribution in [0.4, 0.5) is 5.69 Å². The van der Waals surface area contributed by atoms with E-state index in [0.29, 0.717) is 0 Å². The normalized spacial score (nSPS) is 16.2. The number of piperidine rings is 1. The van der Waals surface area contributed by atoms with Crippen molar-refractivity contribution in [3.8, 4) is 16.3 Å². The maximum absolute atomic E-state index is 13.2. The summed E-state index contributed by atoms with van der Waals surface area (Å²) in [6, 6.07) is 18.1. The zero-order valence-electron chi connectivity index (χ0n) is 21.3. The average molecular weight is 575 g/mol. The molecule has 204 valence electrons. The largest absolute Gasteiger partial charge is 0.490 e. The molecule has 1 saturated heterocycles. The van der Waals surface area contributed by atoms with Crippen LogP contribution in [0.15, 0.2) is 82.7 Å². The van der Waals surface area contributed by atoms with Gasteiger partial charge in [0.05, 0.1) is 27.6 Å². The summed E-state index contributed by atoms with van der Waals surface area (Å²) in [4.78, 5) is 30.8. The molecule has 2 aliphatic rings. The Morgan fingerprint density at radius 1 is 1.02 bits per heavy atom. The highest BCUT2D eigenvalue weighted by Gasteiger charge is 2.31. The van der Waals surface area contributed by atoms with Gasteiger partial charge in [-0.05, 0) is 80.5 Å². The lowest BCUT2D eigenvalue weighted by Gasteiger charge is -2.23. The van der Waals surface area contributed by atoms with Gasteiger partial charge in [0, 0.05) is 22.2 Å². The highest BCUT2D eigenvalue weighted by atomic mass is 32.2. The molecule has 0 bridgehead atoms. The Kier molecular flexibility index (Phi) is 7.09. The van der Waals surface area contributed by atoms with E-state index >= 15 is 0 Å². The smallest absolute Gasteiger partial charge is 0.257 e. The van der Waals surface area contributed by atoms with Crippen LogP contribution in [-0.4, -0.2) is 44.4 Å². The number of carbonyl (C=O) groups is 2. The van der Waals surface area contributed by atoms with E-state index in [0.717, 1.165) is 47.1 Å². The molecule has 0 unspecified atom stereocenters. The van der Waals surface area contributed by atoms with Crippen LogP contribution in [0.2, 0.25) is 0 Å². The molecule has 3 heterocycles. The Hall–Kier alpha value is -4.06. The quantitative estimate of drug-likeness (QED) is 0.314. The van der Waals surface area contributed by atoms with Gasteiger partial charge in [-0.15, -0.1) is 11.3 Å². The third kappa shape index (κ3) is 5.23. The number of sulfone groups is 1. The van der Waals surface area contributed by atoms with Crippen LogP contribution in [-0.2, 0) is 16.4 Å². The van der Waals surface area contributed by atoms with Crippen LogP contribution < -0.4 is 20.7 Å². The van der Waals surface area contributed by atoms with Gasteiger partial charge in [-0.2, -0.15) is 0 Å². The van der Waals surface area contributed by atoms with Gasteiger partial charge in [0.2, 0.25) is 9.84 Å². The molecule has 11 heteroatoms. The minimum Gasteiger partial charge on any atom is -0.490 e. The first-order valence-electron chi connectivity index (χ1n) is 12.9. The van der Waals surface area contributed by atoms with Crippen molar-refractivity contribution in [2.45, 2.75) is 35.3 Å². The molecule has 4 aromatic rings. The molecule has 3 N–H and O–H groups in total. The fraction of sp³-hybridized carbons (Fsp3) is 0.207. The van der Waals surface area contributed by atoms with E-state index in [-0.39, 0.29) is 39.3 Å². The monoisotopic (exact) mass is 574 g/mol. The summed E-state index contributed by atoms with van der Waals surface area (Å²) in [7, 11) is -3.93. The molecule has 0 aliphatic carbocycles. The van der Waals surface area contributed by atoms with Crippen molar-refractivity contribution in [3.63, 3.8) is 0 Å². The standard InChI is InChI=1S/C29H26N4O5S2/c34-27(19-7-10-26-24(15-19)33-28(35)23-3-1-2-4-25(23)40(26,36)37)31-16-22-17-32-29(39-22)18-5-8-20(9-6-18)38-21-11-13-30-14-12-21/h1-10,15,17,21,30H,11-14,16H2,(H,31,34)(H,33,35). The van der Waals surface area contributed by atoms with E-state index in [1.165, 1.54) is 41.7 Å². The van der Waals surface area contributed by atoms with E-state index < -0.39 is 21.7 Å². The van der Waals surface area contributed by atoms with Gasteiger partial charge >= 0.3 is 0 Å². The highest BCUT2D eigenvalue weighted by molar-refractivity contribution is 7.91. The van der Waals surface area contributed by atoms with Crippen molar-refractivity contribution < 1.29 is 22.7 Å². The van der Waals surface area contributed by atoms with Crippen molar-refractivity contribution >= 4 is 38.7 Å². The van der Waals surface area contributed by atoms with E-state index in [1.54, 1.807) is 18.3 Å². The van der Waals surface area contributed by atoms with Gasteiger partial charge in [0.1, 0.15) is 16.9 Å². The fourth-order valence-corrected chi connectivity index (χ4v) is 7.22. The minimum atomic E-state index is -3.93. The lowest BCUT2D eigenvalue weighted by molar-refractivity contribution is 0.0949. The number of aromatic nitrogens is 1. The number of hydrogen-bond donors (Lipinski definition) is 3. The number of ether oxygens (including phenoxy) is 1. The molecule has 2 amide bonds. The number of amides is 2. The molecule has 0 saturated carbocycles. The number of nitrogens with one attached hydrogen (secondary N) is 3. The molecule has 0 atom stereocenters. The number of carbonyl (C=O) groups excluding carboxylic acids is 2. The zero-order chi connectivity index (χ0) is 27.7. The second-order valence-corrected chi connectivity index (χ2v) is 12.6. The van der Waals surface area contributed by atoms with Crippen LogP contribution in [0.5, 0.6) is 5.75 Å². The van der Waals surface area contributed by atoms with E-state index in [4.69, 9.17) is 4.74 Å². The zero-order valence-corrected chi connectivity index (χ0v) is 23.0. The second kappa shape index (κ2) is 10.8. The molecule has 2 aliphatic heterocycles. The Balaban J connectivity index is 1.12. The van der Waals surface area contributed by atoms with Gasteiger partial charge in [-0.25, -0.2) is 13.4 Å². The summed E-state index contributed by atoms with van der Waals surface area (Å²) in [5, 5.41) is 9.64. The van der Waals surface area contributed by atoms with Crippen LogP contribution >= 0.6 is 11.3 Å². The molecule has 6 rings (SSSR count). The molecule has 0 spiro atoms. The van der Waals surface area contributed by atoms with Gasteiger partial charge in [-0.3, -0.25) is 9.59 Å². The van der Waals surface area contributed by atoms with Crippen molar-refractivity contribution in [1.82, 2.24) is 15.6 Å². The van der Waals surface area contributed by atoms with Crippen LogP contribution in [0.25, 0.3) is 10.6 Å². The molecule has 0 radical (unpaired) electrons. The minimum absolute atomic E-state index is 0.0541. The van der Waals surface area contributed by atoms with E-state index in [1.807, 2.05) is 24.3 Å². The van der Waals surface area contributed by atoms with Crippen molar-refractivity contribution in [2.75, 3.05) is 18.4 Å².